The number of aromatic amines is 1. The number of ether oxygens (including phenoxy) is 1. The first kappa shape index (κ1) is 20.9. The monoisotopic (exact) mass is 464 g/mol. The molecule has 2 N–H and O–H groups in total. The summed E-state index contributed by atoms with van der Waals surface area (Å²) in [5.41, 5.74) is 1.53. The average molecular weight is 465 g/mol. The Morgan fingerprint density at radius 1 is 1.21 bits per heavy atom. The van der Waals surface area contributed by atoms with Crippen molar-refractivity contribution >= 4 is 34.7 Å². The first-order valence-electron chi connectivity index (χ1n) is 11.7. The number of carbonyl (C=O) groups excluding carboxylic acids is 1. The van der Waals surface area contributed by atoms with E-state index >= 15 is 0 Å². The highest BCUT2D eigenvalue weighted by molar-refractivity contribution is 7.97. The lowest BCUT2D eigenvalue weighted by molar-refractivity contribution is 0.0624. The molecule has 2 aromatic heterocycles. The van der Waals surface area contributed by atoms with Gasteiger partial charge >= 0.3 is 0 Å². The number of nitrogens with zero attached hydrogens (tertiary/aromatic N) is 4. The number of anilines is 1. The number of rotatable bonds is 6. The Hall–Kier alpha value is -2.62. The van der Waals surface area contributed by atoms with Crippen LogP contribution in [0.3, 0.4) is 0 Å². The number of fused-ring (bicyclic) bond motifs is 1. The van der Waals surface area contributed by atoms with Crippen molar-refractivity contribution in [3.05, 3.63) is 48.4 Å². The standard InChI is InChI=1S/C24H28N6O2S/c31-23(17-3-5-19(6-4-17)33-28-14-18-2-1-13-32-18)30-12-11-29(15-24(30)8-9-24)22-20-7-10-25-21(20)26-16-27-22/h3-7,10,16,18,28H,1-2,8-9,11-15H2,(H,25,26,27). The minimum atomic E-state index is -0.0842. The van der Waals surface area contributed by atoms with Gasteiger partial charge in [-0.05, 0) is 68.0 Å². The van der Waals surface area contributed by atoms with Gasteiger partial charge < -0.3 is 19.5 Å². The molecule has 33 heavy (non-hydrogen) atoms. The molecule has 3 aromatic rings. The van der Waals surface area contributed by atoms with Gasteiger partial charge in [0, 0.05) is 49.4 Å². The summed E-state index contributed by atoms with van der Waals surface area (Å²) in [7, 11) is 0. The molecular weight excluding hydrogens is 436 g/mol. The summed E-state index contributed by atoms with van der Waals surface area (Å²) >= 11 is 1.60. The Morgan fingerprint density at radius 2 is 2.09 bits per heavy atom. The zero-order chi connectivity index (χ0) is 22.3. The van der Waals surface area contributed by atoms with E-state index in [9.17, 15) is 4.79 Å². The van der Waals surface area contributed by atoms with E-state index in [0.29, 0.717) is 12.6 Å². The van der Waals surface area contributed by atoms with Crippen LogP contribution in [-0.2, 0) is 4.74 Å². The van der Waals surface area contributed by atoms with Crippen LogP contribution in [0.25, 0.3) is 11.0 Å². The molecule has 3 fully saturated rings. The molecule has 1 aliphatic carbocycles. The Balaban J connectivity index is 1.10. The van der Waals surface area contributed by atoms with E-state index in [1.54, 1.807) is 18.3 Å². The van der Waals surface area contributed by atoms with E-state index in [-0.39, 0.29) is 11.4 Å². The second-order valence-electron chi connectivity index (χ2n) is 9.15. The van der Waals surface area contributed by atoms with Crippen molar-refractivity contribution in [2.75, 3.05) is 37.7 Å². The summed E-state index contributed by atoms with van der Waals surface area (Å²) in [6.45, 7) is 4.01. The summed E-state index contributed by atoms with van der Waals surface area (Å²) in [4.78, 5) is 30.9. The van der Waals surface area contributed by atoms with Crippen molar-refractivity contribution in [2.45, 2.75) is 42.2 Å². The molecule has 1 atom stereocenters. The normalized spacial score (nSPS) is 21.8. The van der Waals surface area contributed by atoms with Gasteiger partial charge in [0.15, 0.2) is 0 Å². The number of benzene rings is 1. The lowest BCUT2D eigenvalue weighted by Crippen LogP contribution is -2.57. The quantitative estimate of drug-likeness (QED) is 0.542. The van der Waals surface area contributed by atoms with Crippen LogP contribution in [0.4, 0.5) is 5.82 Å². The predicted molar refractivity (Wildman–Crippen MR) is 128 cm³/mol. The molecule has 9 heteroatoms. The number of aromatic nitrogens is 3. The maximum absolute atomic E-state index is 13.4. The third-order valence-electron chi connectivity index (χ3n) is 6.98. The van der Waals surface area contributed by atoms with Crippen molar-refractivity contribution in [2.24, 2.45) is 0 Å². The summed E-state index contributed by atoms with van der Waals surface area (Å²) in [6, 6.07) is 9.99. The zero-order valence-corrected chi connectivity index (χ0v) is 19.3. The smallest absolute Gasteiger partial charge is 0.254 e. The number of H-pyrrole nitrogens is 1. The Bertz CT molecular complexity index is 1140. The van der Waals surface area contributed by atoms with E-state index in [4.69, 9.17) is 4.74 Å². The molecule has 8 nitrogen and oxygen atoms in total. The van der Waals surface area contributed by atoms with Crippen LogP contribution < -0.4 is 9.62 Å². The van der Waals surface area contributed by atoms with Crippen LogP contribution in [0.15, 0.2) is 47.8 Å². The number of nitrogens with one attached hydrogen (secondary N) is 2. The Kier molecular flexibility index (Phi) is 5.48. The summed E-state index contributed by atoms with van der Waals surface area (Å²) < 4.78 is 9.04. The van der Waals surface area contributed by atoms with Crippen LogP contribution in [0.5, 0.6) is 0 Å². The van der Waals surface area contributed by atoms with Crippen LogP contribution in [0.2, 0.25) is 0 Å². The maximum Gasteiger partial charge on any atom is 0.254 e. The molecule has 1 unspecified atom stereocenters. The molecule has 2 saturated heterocycles. The molecule has 1 aromatic carbocycles. The summed E-state index contributed by atoms with van der Waals surface area (Å²) in [6.07, 6.45) is 8.19. The largest absolute Gasteiger partial charge is 0.377 e. The fourth-order valence-corrected chi connectivity index (χ4v) is 5.71. The van der Waals surface area contributed by atoms with Gasteiger partial charge in [-0.2, -0.15) is 0 Å². The number of amides is 1. The molecule has 0 radical (unpaired) electrons. The van der Waals surface area contributed by atoms with E-state index in [1.165, 1.54) is 0 Å². The van der Waals surface area contributed by atoms with E-state index < -0.39 is 0 Å². The van der Waals surface area contributed by atoms with E-state index in [0.717, 1.165) is 79.2 Å². The highest BCUT2D eigenvalue weighted by atomic mass is 32.2. The molecule has 2 aliphatic heterocycles. The molecule has 1 spiro atoms. The molecule has 4 heterocycles. The highest BCUT2D eigenvalue weighted by Gasteiger charge is 2.53. The van der Waals surface area contributed by atoms with Gasteiger partial charge in [0.2, 0.25) is 0 Å². The van der Waals surface area contributed by atoms with Crippen LogP contribution >= 0.6 is 11.9 Å². The average Bonchev–Trinajstić information content (AvgIpc) is 3.23. The van der Waals surface area contributed by atoms with Gasteiger partial charge in [-0.25, -0.2) is 9.97 Å². The lowest BCUT2D eigenvalue weighted by Gasteiger charge is -2.43. The second kappa shape index (κ2) is 8.62. The predicted octanol–water partition coefficient (Wildman–Crippen LogP) is 3.23. The molecule has 6 rings (SSSR count). The minimum absolute atomic E-state index is 0.0842. The van der Waals surface area contributed by atoms with Crippen LogP contribution in [0, 0.1) is 0 Å². The van der Waals surface area contributed by atoms with E-state index in [2.05, 4.69) is 29.5 Å². The fourth-order valence-electron chi connectivity index (χ4n) is 5.00. The fraction of sp³-hybridized carbons (Fsp3) is 0.458. The van der Waals surface area contributed by atoms with Crippen molar-refractivity contribution in [1.82, 2.24) is 24.6 Å². The van der Waals surface area contributed by atoms with Gasteiger partial charge in [0.25, 0.3) is 5.91 Å². The first-order valence-corrected chi connectivity index (χ1v) is 12.5. The maximum atomic E-state index is 13.4. The summed E-state index contributed by atoms with van der Waals surface area (Å²) in [5.74, 6) is 1.09. The molecule has 0 bridgehead atoms. The second-order valence-corrected chi connectivity index (χ2v) is 10.1. The molecule has 3 aliphatic rings. The van der Waals surface area contributed by atoms with Gasteiger partial charge in [0.1, 0.15) is 17.8 Å². The van der Waals surface area contributed by atoms with Gasteiger partial charge in [-0.1, -0.05) is 0 Å². The molecule has 172 valence electrons. The van der Waals surface area contributed by atoms with Crippen LogP contribution in [0.1, 0.15) is 36.0 Å². The van der Waals surface area contributed by atoms with Gasteiger partial charge in [-0.15, -0.1) is 0 Å². The highest BCUT2D eigenvalue weighted by Crippen LogP contribution is 2.46. The van der Waals surface area contributed by atoms with Crippen molar-refractivity contribution in [3.8, 4) is 0 Å². The molecule has 1 amide bonds. The molecular formula is C24H28N6O2S. The Labute approximate surface area is 197 Å². The zero-order valence-electron chi connectivity index (χ0n) is 18.5. The minimum Gasteiger partial charge on any atom is -0.377 e. The lowest BCUT2D eigenvalue weighted by atomic mass is 10.1. The Morgan fingerprint density at radius 3 is 2.88 bits per heavy atom. The third-order valence-corrected chi connectivity index (χ3v) is 7.80. The number of carbonyl (C=O) groups is 1. The van der Waals surface area contributed by atoms with Crippen molar-refractivity contribution in [1.29, 1.82) is 0 Å². The number of hydrogen-bond acceptors (Lipinski definition) is 7. The van der Waals surface area contributed by atoms with E-state index in [1.807, 2.05) is 36.5 Å². The van der Waals surface area contributed by atoms with Crippen molar-refractivity contribution < 1.29 is 9.53 Å². The van der Waals surface area contributed by atoms with Gasteiger partial charge in [0.05, 0.1) is 17.0 Å². The first-order chi connectivity index (χ1) is 16.2. The van der Waals surface area contributed by atoms with Crippen LogP contribution in [-0.4, -0.2) is 70.2 Å². The SMILES string of the molecule is O=C(c1ccc(SNCC2CCCO2)cc1)N1CCN(c2ncnc3[nH]ccc23)CC12CC2. The number of hydrogen-bond donors (Lipinski definition) is 2. The topological polar surface area (TPSA) is 86.4 Å². The van der Waals surface area contributed by atoms with Gasteiger partial charge in [-0.3, -0.25) is 9.52 Å². The summed E-state index contributed by atoms with van der Waals surface area (Å²) in [5, 5.41) is 1.04. The molecule has 1 saturated carbocycles. The van der Waals surface area contributed by atoms with Crippen molar-refractivity contribution in [3.63, 3.8) is 0 Å². The number of piperazine rings is 1. The third kappa shape index (κ3) is 4.09.